The first-order valence-electron chi connectivity index (χ1n) is 8.43. The molecule has 0 saturated heterocycles. The molecule has 0 spiro atoms. The first kappa shape index (κ1) is 20.7. The Morgan fingerprint density at radius 2 is 1.36 bits per heavy atom. The summed E-state index contributed by atoms with van der Waals surface area (Å²) in [5, 5.41) is 0. The number of rotatable bonds is 10. The molecule has 0 N–H and O–H groups in total. The van der Waals surface area contributed by atoms with E-state index in [2.05, 4.69) is 45.9 Å². The van der Waals surface area contributed by atoms with Crippen LogP contribution in [0.15, 0.2) is 34.9 Å². The van der Waals surface area contributed by atoms with E-state index < -0.39 is 0 Å². The van der Waals surface area contributed by atoms with Crippen LogP contribution in [0.3, 0.4) is 0 Å². The minimum Gasteiger partial charge on any atom is -0.463 e. The Hall–Kier alpha value is -1.31. The Kier molecular flexibility index (Phi) is 11.5. The van der Waals surface area contributed by atoms with Crippen molar-refractivity contribution >= 4 is 5.97 Å². The van der Waals surface area contributed by atoms with Gasteiger partial charge in [-0.05, 0) is 73.1 Å². The molecule has 0 aliphatic rings. The van der Waals surface area contributed by atoms with Crippen molar-refractivity contribution in [3.63, 3.8) is 0 Å². The van der Waals surface area contributed by atoms with Gasteiger partial charge in [0.15, 0.2) is 0 Å². The zero-order valence-corrected chi connectivity index (χ0v) is 15.4. The van der Waals surface area contributed by atoms with Crippen molar-refractivity contribution in [3.8, 4) is 0 Å². The van der Waals surface area contributed by atoms with Crippen molar-refractivity contribution in [2.45, 2.75) is 86.2 Å². The van der Waals surface area contributed by atoms with Gasteiger partial charge in [-0.15, -0.1) is 0 Å². The normalized spacial score (nSPS) is 13.7. The van der Waals surface area contributed by atoms with E-state index in [1.54, 1.807) is 0 Å². The molecular formula is C20H34O2. The van der Waals surface area contributed by atoms with Crippen molar-refractivity contribution in [3.05, 3.63) is 34.9 Å². The predicted molar refractivity (Wildman–Crippen MR) is 95.9 cm³/mol. The molecule has 0 amide bonds. The summed E-state index contributed by atoms with van der Waals surface area (Å²) in [6, 6.07) is 0. The second-order valence-electron chi connectivity index (χ2n) is 6.46. The molecule has 126 valence electrons. The lowest BCUT2D eigenvalue weighted by atomic mass is 10.1. The van der Waals surface area contributed by atoms with Gasteiger partial charge in [0.1, 0.15) is 0 Å². The highest BCUT2D eigenvalue weighted by Crippen LogP contribution is 2.13. The van der Waals surface area contributed by atoms with Gasteiger partial charge in [0.25, 0.3) is 0 Å². The van der Waals surface area contributed by atoms with Gasteiger partial charge in [-0.25, -0.2) is 0 Å². The fourth-order valence-corrected chi connectivity index (χ4v) is 2.25. The van der Waals surface area contributed by atoms with Gasteiger partial charge in [0.2, 0.25) is 0 Å². The summed E-state index contributed by atoms with van der Waals surface area (Å²) in [5.41, 5.74) is 4.30. The van der Waals surface area contributed by atoms with Gasteiger partial charge < -0.3 is 4.74 Å². The largest absolute Gasteiger partial charge is 0.463 e. The van der Waals surface area contributed by atoms with Crippen LogP contribution in [0.25, 0.3) is 0 Å². The van der Waals surface area contributed by atoms with Crippen molar-refractivity contribution in [1.29, 1.82) is 0 Å². The number of hydrogen-bond donors (Lipinski definition) is 0. The first-order valence-corrected chi connectivity index (χ1v) is 8.43. The molecule has 0 aromatic carbocycles. The molecule has 1 unspecified atom stereocenters. The summed E-state index contributed by atoms with van der Waals surface area (Å²) in [6.07, 6.45) is 13.3. The van der Waals surface area contributed by atoms with Crippen LogP contribution >= 0.6 is 0 Å². The topological polar surface area (TPSA) is 26.3 Å². The van der Waals surface area contributed by atoms with E-state index in [1.807, 2.05) is 6.92 Å². The summed E-state index contributed by atoms with van der Waals surface area (Å²) in [7, 11) is 0. The Bertz CT molecular complexity index is 409. The van der Waals surface area contributed by atoms with Crippen LogP contribution in [-0.4, -0.2) is 12.1 Å². The van der Waals surface area contributed by atoms with Crippen LogP contribution in [0.4, 0.5) is 0 Å². The second kappa shape index (κ2) is 12.3. The predicted octanol–water partition coefficient (Wildman–Crippen LogP) is 6.14. The number of carbonyl (C=O) groups is 1. The lowest BCUT2D eigenvalue weighted by Gasteiger charge is -2.10. The van der Waals surface area contributed by atoms with E-state index in [4.69, 9.17) is 4.74 Å². The SMILES string of the molecule is CC(=O)OC(C)CC/C=C(\C)CC/C=C(\C)CCC=C(C)C. The average Bonchev–Trinajstić information content (AvgIpc) is 2.37. The second-order valence-corrected chi connectivity index (χ2v) is 6.46. The van der Waals surface area contributed by atoms with Gasteiger partial charge in [0, 0.05) is 6.92 Å². The lowest BCUT2D eigenvalue weighted by molar-refractivity contribution is -0.145. The number of hydrogen-bond acceptors (Lipinski definition) is 2. The molecule has 1 atom stereocenters. The molecule has 0 fully saturated rings. The standard InChI is InChI=1S/C20H34O2/c1-16(2)10-7-11-17(3)12-8-13-18(4)14-9-15-19(5)22-20(6)21/h10,12,14,19H,7-9,11,13,15H2,1-6H3/b17-12+,18-14+. The quantitative estimate of drug-likeness (QED) is 0.358. The van der Waals surface area contributed by atoms with Crippen molar-refractivity contribution in [1.82, 2.24) is 0 Å². The maximum absolute atomic E-state index is 10.8. The van der Waals surface area contributed by atoms with Crippen LogP contribution in [0.1, 0.15) is 80.1 Å². The Balaban J connectivity index is 3.91. The van der Waals surface area contributed by atoms with Gasteiger partial charge in [-0.2, -0.15) is 0 Å². The van der Waals surface area contributed by atoms with E-state index in [9.17, 15) is 4.79 Å². The smallest absolute Gasteiger partial charge is 0.302 e. The van der Waals surface area contributed by atoms with E-state index in [-0.39, 0.29) is 12.1 Å². The van der Waals surface area contributed by atoms with E-state index >= 15 is 0 Å². The summed E-state index contributed by atoms with van der Waals surface area (Å²) in [5.74, 6) is -0.193. The average molecular weight is 306 g/mol. The molecule has 0 rings (SSSR count). The summed E-state index contributed by atoms with van der Waals surface area (Å²) >= 11 is 0. The fourth-order valence-electron chi connectivity index (χ4n) is 2.25. The van der Waals surface area contributed by atoms with E-state index in [0.29, 0.717) is 0 Å². The zero-order valence-electron chi connectivity index (χ0n) is 15.4. The monoisotopic (exact) mass is 306 g/mol. The minimum atomic E-state index is -0.193. The lowest BCUT2D eigenvalue weighted by Crippen LogP contribution is -2.11. The molecule has 0 heterocycles. The third kappa shape index (κ3) is 13.7. The van der Waals surface area contributed by atoms with Gasteiger partial charge >= 0.3 is 5.97 Å². The maximum Gasteiger partial charge on any atom is 0.302 e. The molecule has 2 nitrogen and oxygen atoms in total. The molecule has 0 aliphatic carbocycles. The molecule has 0 bridgehead atoms. The third-order valence-corrected chi connectivity index (χ3v) is 3.56. The van der Waals surface area contributed by atoms with Crippen LogP contribution in [0.2, 0.25) is 0 Å². The molecule has 0 aromatic rings. The van der Waals surface area contributed by atoms with E-state index in [0.717, 1.165) is 38.5 Å². The highest BCUT2D eigenvalue weighted by molar-refractivity contribution is 5.66. The molecule has 2 heteroatoms. The molecular weight excluding hydrogens is 272 g/mol. The van der Waals surface area contributed by atoms with Crippen LogP contribution in [-0.2, 0) is 9.53 Å². The Morgan fingerprint density at radius 1 is 0.864 bits per heavy atom. The molecule has 0 aromatic heterocycles. The molecule has 0 aliphatic heterocycles. The number of carbonyl (C=O) groups excluding carboxylic acids is 1. The number of allylic oxidation sites excluding steroid dienone is 6. The number of esters is 1. The first-order chi connectivity index (χ1) is 10.3. The van der Waals surface area contributed by atoms with Gasteiger partial charge in [0.05, 0.1) is 6.10 Å². The van der Waals surface area contributed by atoms with Crippen molar-refractivity contribution in [2.24, 2.45) is 0 Å². The van der Waals surface area contributed by atoms with Crippen LogP contribution in [0.5, 0.6) is 0 Å². The highest BCUT2D eigenvalue weighted by atomic mass is 16.5. The minimum absolute atomic E-state index is 0.0127. The van der Waals surface area contributed by atoms with Crippen molar-refractivity contribution < 1.29 is 9.53 Å². The van der Waals surface area contributed by atoms with E-state index in [1.165, 1.54) is 23.6 Å². The molecule has 22 heavy (non-hydrogen) atoms. The summed E-state index contributed by atoms with van der Waals surface area (Å²) < 4.78 is 5.12. The van der Waals surface area contributed by atoms with Gasteiger partial charge in [-0.1, -0.05) is 34.9 Å². The molecule has 0 radical (unpaired) electrons. The Labute approximate surface area is 137 Å². The fraction of sp³-hybridized carbons (Fsp3) is 0.650. The third-order valence-electron chi connectivity index (χ3n) is 3.56. The molecule has 0 saturated carbocycles. The van der Waals surface area contributed by atoms with Crippen molar-refractivity contribution in [2.75, 3.05) is 0 Å². The van der Waals surface area contributed by atoms with Gasteiger partial charge in [-0.3, -0.25) is 4.79 Å². The number of ether oxygens (including phenoxy) is 1. The zero-order chi connectivity index (χ0) is 17.0. The summed E-state index contributed by atoms with van der Waals surface area (Å²) in [4.78, 5) is 10.8. The van der Waals surface area contributed by atoms with Crippen LogP contribution in [0, 0.1) is 0 Å². The highest BCUT2D eigenvalue weighted by Gasteiger charge is 2.03. The Morgan fingerprint density at radius 3 is 1.86 bits per heavy atom. The summed E-state index contributed by atoms with van der Waals surface area (Å²) in [6.45, 7) is 12.1. The van der Waals surface area contributed by atoms with Crippen LogP contribution < -0.4 is 0 Å². The maximum atomic E-state index is 10.8.